The largest absolute Gasteiger partial charge is 0.340 e. The zero-order valence-corrected chi connectivity index (χ0v) is 13.5. The van der Waals surface area contributed by atoms with Crippen LogP contribution < -0.4 is 5.32 Å². The van der Waals surface area contributed by atoms with Crippen molar-refractivity contribution >= 4 is 33.1 Å². The van der Waals surface area contributed by atoms with Crippen LogP contribution >= 0.6 is 11.3 Å². The highest BCUT2D eigenvalue weighted by Crippen LogP contribution is 2.39. The molecule has 0 saturated carbocycles. The van der Waals surface area contributed by atoms with Gasteiger partial charge in [-0.15, -0.1) is 11.3 Å². The molecule has 1 aliphatic carbocycles. The molecule has 0 amide bonds. The fourth-order valence-electron chi connectivity index (χ4n) is 3.11. The molecule has 22 heavy (non-hydrogen) atoms. The number of rotatable bonds is 3. The second-order valence-corrected chi connectivity index (χ2v) is 6.81. The van der Waals surface area contributed by atoms with Crippen molar-refractivity contribution < 1.29 is 0 Å². The average Bonchev–Trinajstić information content (AvgIpc) is 2.94. The van der Waals surface area contributed by atoms with E-state index in [-0.39, 0.29) is 0 Å². The molecule has 3 aromatic rings. The molecule has 112 valence electrons. The van der Waals surface area contributed by atoms with E-state index in [1.807, 2.05) is 29.5 Å². The van der Waals surface area contributed by atoms with E-state index in [1.54, 1.807) is 0 Å². The number of anilines is 2. The minimum atomic E-state index is 0.863. The van der Waals surface area contributed by atoms with Gasteiger partial charge >= 0.3 is 0 Å². The van der Waals surface area contributed by atoms with Gasteiger partial charge in [-0.3, -0.25) is 0 Å². The molecular formula is C18H19N3S. The zero-order valence-electron chi connectivity index (χ0n) is 12.7. The average molecular weight is 309 g/mol. The van der Waals surface area contributed by atoms with Crippen molar-refractivity contribution in [1.82, 2.24) is 9.97 Å². The number of hydrogen-bond donors (Lipinski definition) is 1. The molecule has 4 rings (SSSR count). The van der Waals surface area contributed by atoms with Gasteiger partial charge < -0.3 is 5.32 Å². The van der Waals surface area contributed by atoms with E-state index >= 15 is 0 Å². The lowest BCUT2D eigenvalue weighted by atomic mass is 9.97. The molecule has 0 fully saturated rings. The highest BCUT2D eigenvalue weighted by Gasteiger charge is 2.20. The molecule has 1 aromatic carbocycles. The smallest absolute Gasteiger partial charge is 0.143 e. The minimum absolute atomic E-state index is 0.863. The molecule has 0 spiro atoms. The number of nitrogens with zero attached hydrogens (tertiary/aromatic N) is 2. The lowest BCUT2D eigenvalue weighted by molar-refractivity contribution is 0.700. The SMILES string of the molecule is CCc1nc(Nc2ccccc2)c2c3c(sc2n1)CCCC3. The Morgan fingerprint density at radius 2 is 1.91 bits per heavy atom. The molecule has 0 unspecified atom stereocenters. The van der Waals surface area contributed by atoms with E-state index in [4.69, 9.17) is 9.97 Å². The van der Waals surface area contributed by atoms with Gasteiger partial charge in [-0.1, -0.05) is 25.1 Å². The van der Waals surface area contributed by atoms with Crippen molar-refractivity contribution in [2.45, 2.75) is 39.0 Å². The van der Waals surface area contributed by atoms with Crippen LogP contribution in [0.4, 0.5) is 11.5 Å². The Hall–Kier alpha value is -1.94. The van der Waals surface area contributed by atoms with Crippen LogP contribution in [0.3, 0.4) is 0 Å². The third-order valence-electron chi connectivity index (χ3n) is 4.21. The highest BCUT2D eigenvalue weighted by molar-refractivity contribution is 7.19. The van der Waals surface area contributed by atoms with Gasteiger partial charge in [0.05, 0.1) is 5.39 Å². The van der Waals surface area contributed by atoms with E-state index in [9.17, 15) is 0 Å². The van der Waals surface area contributed by atoms with Crippen molar-refractivity contribution in [3.63, 3.8) is 0 Å². The van der Waals surface area contributed by atoms with Gasteiger partial charge in [0.1, 0.15) is 16.5 Å². The second kappa shape index (κ2) is 5.69. The molecule has 2 aromatic heterocycles. The van der Waals surface area contributed by atoms with Crippen LogP contribution in [0.25, 0.3) is 10.2 Å². The topological polar surface area (TPSA) is 37.8 Å². The molecule has 2 heterocycles. The predicted molar refractivity (Wildman–Crippen MR) is 93.2 cm³/mol. The molecular weight excluding hydrogens is 290 g/mol. The number of aryl methyl sites for hydroxylation is 3. The van der Waals surface area contributed by atoms with Crippen LogP contribution in [0.5, 0.6) is 0 Å². The molecule has 0 radical (unpaired) electrons. The van der Waals surface area contributed by atoms with Gasteiger partial charge in [0.2, 0.25) is 0 Å². The van der Waals surface area contributed by atoms with Gasteiger partial charge in [0.15, 0.2) is 0 Å². The Balaban J connectivity index is 1.89. The molecule has 0 atom stereocenters. The predicted octanol–water partition coefficient (Wildman–Crippen LogP) is 4.88. The fraction of sp³-hybridized carbons (Fsp3) is 0.333. The lowest BCUT2D eigenvalue weighted by Gasteiger charge is -2.13. The van der Waals surface area contributed by atoms with E-state index < -0.39 is 0 Å². The summed E-state index contributed by atoms with van der Waals surface area (Å²) in [5.41, 5.74) is 2.56. The molecule has 1 N–H and O–H groups in total. The number of hydrogen-bond acceptors (Lipinski definition) is 4. The van der Waals surface area contributed by atoms with Crippen LogP contribution in [0.1, 0.15) is 36.0 Å². The summed E-state index contributed by atoms with van der Waals surface area (Å²) in [5.74, 6) is 1.90. The second-order valence-electron chi connectivity index (χ2n) is 5.72. The molecule has 1 aliphatic rings. The number of aromatic nitrogens is 2. The monoisotopic (exact) mass is 309 g/mol. The van der Waals surface area contributed by atoms with Crippen molar-refractivity contribution in [3.8, 4) is 0 Å². The van der Waals surface area contributed by atoms with Gasteiger partial charge in [-0.05, 0) is 43.4 Å². The fourth-order valence-corrected chi connectivity index (χ4v) is 4.39. The number of thiophene rings is 1. The van der Waals surface area contributed by atoms with Crippen molar-refractivity contribution in [2.24, 2.45) is 0 Å². The maximum Gasteiger partial charge on any atom is 0.143 e. The summed E-state index contributed by atoms with van der Waals surface area (Å²) < 4.78 is 0. The summed E-state index contributed by atoms with van der Waals surface area (Å²) in [7, 11) is 0. The molecule has 0 saturated heterocycles. The Bertz CT molecular complexity index is 808. The van der Waals surface area contributed by atoms with E-state index in [2.05, 4.69) is 24.4 Å². The highest BCUT2D eigenvalue weighted by atomic mass is 32.1. The van der Waals surface area contributed by atoms with E-state index in [0.717, 1.165) is 35.0 Å². The third kappa shape index (κ3) is 2.37. The summed E-state index contributed by atoms with van der Waals surface area (Å²) in [6.45, 7) is 2.11. The molecule has 0 aliphatic heterocycles. The van der Waals surface area contributed by atoms with E-state index in [1.165, 1.54) is 35.1 Å². The quantitative estimate of drug-likeness (QED) is 0.749. The minimum Gasteiger partial charge on any atom is -0.340 e. The summed E-state index contributed by atoms with van der Waals surface area (Å²) >= 11 is 1.86. The number of nitrogens with one attached hydrogen (secondary N) is 1. The normalized spacial score (nSPS) is 14.0. The first-order chi connectivity index (χ1) is 10.8. The first-order valence-corrected chi connectivity index (χ1v) is 8.80. The van der Waals surface area contributed by atoms with Gasteiger partial charge in [0.25, 0.3) is 0 Å². The van der Waals surface area contributed by atoms with Gasteiger partial charge in [-0.25, -0.2) is 9.97 Å². The van der Waals surface area contributed by atoms with Crippen molar-refractivity contribution in [1.29, 1.82) is 0 Å². The summed E-state index contributed by atoms with van der Waals surface area (Å²) in [5, 5.41) is 4.76. The van der Waals surface area contributed by atoms with E-state index in [0.29, 0.717) is 0 Å². The van der Waals surface area contributed by atoms with Crippen molar-refractivity contribution in [2.75, 3.05) is 5.32 Å². The van der Waals surface area contributed by atoms with Crippen LogP contribution in [-0.4, -0.2) is 9.97 Å². The Morgan fingerprint density at radius 3 is 2.73 bits per heavy atom. The maximum absolute atomic E-state index is 4.78. The first-order valence-electron chi connectivity index (χ1n) is 7.98. The first kappa shape index (κ1) is 13.7. The molecule has 0 bridgehead atoms. The van der Waals surface area contributed by atoms with Gasteiger partial charge in [0, 0.05) is 17.0 Å². The third-order valence-corrected chi connectivity index (χ3v) is 5.40. The van der Waals surface area contributed by atoms with Crippen LogP contribution in [0, 0.1) is 0 Å². The Labute approximate surface area is 134 Å². The van der Waals surface area contributed by atoms with Crippen LogP contribution in [-0.2, 0) is 19.3 Å². The van der Waals surface area contributed by atoms with Gasteiger partial charge in [-0.2, -0.15) is 0 Å². The Morgan fingerprint density at radius 1 is 1.09 bits per heavy atom. The zero-order chi connectivity index (χ0) is 14.9. The molecule has 4 heteroatoms. The number of para-hydroxylation sites is 1. The summed E-state index contributed by atoms with van der Waals surface area (Å²) in [6.07, 6.45) is 5.80. The van der Waals surface area contributed by atoms with Crippen molar-refractivity contribution in [3.05, 3.63) is 46.6 Å². The Kier molecular flexibility index (Phi) is 3.54. The number of fused-ring (bicyclic) bond motifs is 3. The number of benzene rings is 1. The standard InChI is InChI=1S/C18H19N3S/c1-2-15-20-17(19-12-8-4-3-5-9-12)16-13-10-6-7-11-14(13)22-18(16)21-15/h3-5,8-9H,2,6-7,10-11H2,1H3,(H,19,20,21). The summed E-state index contributed by atoms with van der Waals surface area (Å²) in [4.78, 5) is 12.2. The molecule has 3 nitrogen and oxygen atoms in total. The van der Waals surface area contributed by atoms with Crippen LogP contribution in [0.2, 0.25) is 0 Å². The summed E-state index contributed by atoms with van der Waals surface area (Å²) in [6, 6.07) is 10.3. The van der Waals surface area contributed by atoms with Crippen LogP contribution in [0.15, 0.2) is 30.3 Å². The lowest BCUT2D eigenvalue weighted by Crippen LogP contribution is -2.03. The maximum atomic E-state index is 4.78.